The van der Waals surface area contributed by atoms with Gasteiger partial charge in [-0.25, -0.2) is 0 Å². The number of carbonyl (C=O) groups excluding carboxylic acids is 2. The van der Waals surface area contributed by atoms with Crippen LogP contribution in [0.5, 0.6) is 0 Å². The molecule has 0 saturated carbocycles. The Morgan fingerprint density at radius 2 is 1.25 bits per heavy atom. The Morgan fingerprint density at radius 1 is 0.857 bits per heavy atom. The van der Waals surface area contributed by atoms with Crippen molar-refractivity contribution in [3.8, 4) is 0 Å². The van der Waals surface area contributed by atoms with E-state index in [0.29, 0.717) is 19.0 Å². The smallest absolute Gasteiger partial charge is 0.469 e. The van der Waals surface area contributed by atoms with Crippen molar-refractivity contribution in [2.75, 3.05) is 6.54 Å². The number of hydrogen-bond donors (Lipinski definition) is 1. The average molecular weight is 465 g/mol. The maximum atomic E-state index is 11.8. The molecule has 0 rings (SSSR count). The molecule has 164 valence electrons. The van der Waals surface area contributed by atoms with E-state index in [1.54, 1.807) is 0 Å². The van der Waals surface area contributed by atoms with E-state index in [0.717, 1.165) is 0 Å². The van der Waals surface area contributed by atoms with Gasteiger partial charge in [0.05, 0.1) is 12.4 Å². The number of hydrogen-bond acceptors (Lipinski definition) is 6. The predicted octanol–water partition coefficient (Wildman–Crippen LogP) is 2.68. The Morgan fingerprint density at radius 3 is 1.57 bits per heavy atom. The minimum absolute atomic E-state index is 0.229. The van der Waals surface area contributed by atoms with Gasteiger partial charge in [0.15, 0.2) is 25.0 Å². The summed E-state index contributed by atoms with van der Waals surface area (Å²) >= 11 is 0. The summed E-state index contributed by atoms with van der Waals surface area (Å²) in [5.74, 6) is -1.79. The van der Waals surface area contributed by atoms with Crippen molar-refractivity contribution in [3.63, 3.8) is 0 Å². The topological polar surface area (TPSA) is 96.9 Å². The molecule has 28 heavy (non-hydrogen) atoms. The van der Waals surface area contributed by atoms with Gasteiger partial charge in [0.2, 0.25) is 5.91 Å². The number of nitrogens with one attached hydrogen (secondary N) is 1. The van der Waals surface area contributed by atoms with E-state index in [4.69, 9.17) is 12.3 Å². The first kappa shape index (κ1) is 27.4. The quantitative estimate of drug-likeness (QED) is 0.256. The van der Waals surface area contributed by atoms with Gasteiger partial charge < -0.3 is 27.6 Å². The van der Waals surface area contributed by atoms with E-state index >= 15 is 0 Å². The molecule has 1 amide bonds. The second kappa shape index (κ2) is 10.5. The van der Waals surface area contributed by atoms with E-state index in [2.05, 4.69) is 70.8 Å². The largest absolute Gasteiger partial charge is 0.545 e. The Kier molecular flexibility index (Phi) is 10.2. The van der Waals surface area contributed by atoms with Crippen LogP contribution in [0.1, 0.15) is 12.8 Å². The molecule has 0 unspecified atom stereocenters. The molecule has 0 aromatic rings. The summed E-state index contributed by atoms with van der Waals surface area (Å²) in [6, 6.07) is 0.619. The first-order valence-corrected chi connectivity index (χ1v) is 21.8. The molecule has 0 saturated heterocycles. The lowest BCUT2D eigenvalue weighted by Gasteiger charge is -2.43. The molecule has 0 aromatic heterocycles. The van der Waals surface area contributed by atoms with E-state index < -0.39 is 39.7 Å². The lowest BCUT2D eigenvalue weighted by molar-refractivity contribution is -0.299. The zero-order chi connectivity index (χ0) is 22.4. The van der Waals surface area contributed by atoms with Crippen LogP contribution in [-0.2, 0) is 21.9 Å². The van der Waals surface area contributed by atoms with Gasteiger partial charge in [0.25, 0.3) is 0 Å². The predicted molar refractivity (Wildman–Crippen MR) is 120 cm³/mol. The summed E-state index contributed by atoms with van der Waals surface area (Å²) in [6.07, 6.45) is 0.363. The monoisotopic (exact) mass is 464 g/mol. The number of amides is 1. The SMILES string of the molecule is C=C(CC(=O)NCCC[Si](O[Si](C)(C)C)(O[Si](C)(C)C)O[Si](C)(C)C)C(=O)[O-]. The molecule has 0 aliphatic heterocycles. The van der Waals surface area contributed by atoms with Gasteiger partial charge in [-0.3, -0.25) is 4.79 Å². The highest BCUT2D eigenvalue weighted by atomic mass is 28.5. The fourth-order valence-corrected chi connectivity index (χ4v) is 17.1. The van der Waals surface area contributed by atoms with Crippen molar-refractivity contribution in [3.05, 3.63) is 12.2 Å². The summed E-state index contributed by atoms with van der Waals surface area (Å²) < 4.78 is 19.7. The summed E-state index contributed by atoms with van der Waals surface area (Å²) in [5.41, 5.74) is -0.229. The van der Waals surface area contributed by atoms with Crippen LogP contribution in [0.25, 0.3) is 0 Å². The molecule has 0 bridgehead atoms. The summed E-state index contributed by atoms with van der Waals surface area (Å²) in [4.78, 5) is 22.5. The van der Waals surface area contributed by atoms with E-state index in [1.807, 2.05) is 0 Å². The molecular formula is C17H38NO6Si4-. The molecule has 0 radical (unpaired) electrons. The van der Waals surface area contributed by atoms with Crippen LogP contribution in [0.2, 0.25) is 65.0 Å². The number of carboxylic acid groups (broad SMARTS) is 1. The molecule has 0 spiro atoms. The van der Waals surface area contributed by atoms with Gasteiger partial charge in [-0.05, 0) is 70.9 Å². The van der Waals surface area contributed by atoms with Gasteiger partial charge in [-0.2, -0.15) is 0 Å². The lowest BCUT2D eigenvalue weighted by atomic mass is 10.2. The van der Waals surface area contributed by atoms with Crippen LogP contribution in [0.3, 0.4) is 0 Å². The number of aliphatic carboxylic acids is 1. The minimum atomic E-state index is -2.91. The Hall–Kier alpha value is -0.572. The van der Waals surface area contributed by atoms with Crippen molar-refractivity contribution in [1.82, 2.24) is 5.32 Å². The zero-order valence-electron chi connectivity index (χ0n) is 19.0. The molecular weight excluding hydrogens is 427 g/mol. The van der Waals surface area contributed by atoms with Gasteiger partial charge >= 0.3 is 8.80 Å². The van der Waals surface area contributed by atoms with Gasteiger partial charge in [-0.1, -0.05) is 6.58 Å². The van der Waals surface area contributed by atoms with Crippen LogP contribution in [0, 0.1) is 0 Å². The second-order valence-electron chi connectivity index (χ2n) is 9.85. The molecule has 0 atom stereocenters. The molecule has 0 heterocycles. The number of carbonyl (C=O) groups is 2. The third-order valence-electron chi connectivity index (χ3n) is 3.03. The van der Waals surface area contributed by atoms with E-state index in [1.165, 1.54) is 0 Å². The fourth-order valence-electron chi connectivity index (χ4n) is 2.48. The van der Waals surface area contributed by atoms with E-state index in [9.17, 15) is 14.7 Å². The van der Waals surface area contributed by atoms with Crippen LogP contribution < -0.4 is 10.4 Å². The number of carboxylic acids is 1. The average Bonchev–Trinajstić information content (AvgIpc) is 2.37. The van der Waals surface area contributed by atoms with Crippen LogP contribution in [0.15, 0.2) is 12.2 Å². The highest BCUT2D eigenvalue weighted by Crippen LogP contribution is 2.29. The summed E-state index contributed by atoms with van der Waals surface area (Å²) in [6.45, 7) is 22.9. The molecule has 11 heteroatoms. The van der Waals surface area contributed by atoms with Crippen molar-refractivity contribution < 1.29 is 27.0 Å². The Balaban J connectivity index is 5.16. The molecule has 0 aliphatic rings. The molecule has 0 fully saturated rings. The fraction of sp³-hybridized carbons (Fsp3) is 0.765. The van der Waals surface area contributed by atoms with Crippen LogP contribution >= 0.6 is 0 Å². The maximum Gasteiger partial charge on any atom is 0.469 e. The van der Waals surface area contributed by atoms with Gasteiger partial charge in [-0.15, -0.1) is 0 Å². The third kappa shape index (κ3) is 13.6. The van der Waals surface area contributed by atoms with E-state index in [-0.39, 0.29) is 17.9 Å². The van der Waals surface area contributed by atoms with Crippen LogP contribution in [-0.4, -0.2) is 52.2 Å². The van der Waals surface area contributed by atoms with Gasteiger partial charge in [0, 0.05) is 12.6 Å². The number of rotatable bonds is 13. The molecule has 7 nitrogen and oxygen atoms in total. The Labute approximate surface area is 174 Å². The minimum Gasteiger partial charge on any atom is -0.545 e. The van der Waals surface area contributed by atoms with Gasteiger partial charge in [0.1, 0.15) is 0 Å². The highest BCUT2D eigenvalue weighted by Gasteiger charge is 2.49. The van der Waals surface area contributed by atoms with Crippen molar-refractivity contribution in [1.29, 1.82) is 0 Å². The van der Waals surface area contributed by atoms with Crippen molar-refractivity contribution in [2.24, 2.45) is 0 Å². The Bertz CT molecular complexity index is 523. The van der Waals surface area contributed by atoms with Crippen LogP contribution in [0.4, 0.5) is 0 Å². The molecule has 0 aromatic carbocycles. The summed E-state index contributed by atoms with van der Waals surface area (Å²) in [5, 5.41) is 13.4. The maximum absolute atomic E-state index is 11.8. The zero-order valence-corrected chi connectivity index (χ0v) is 23.0. The third-order valence-corrected chi connectivity index (χ3v) is 15.1. The molecule has 1 N–H and O–H groups in total. The molecule has 0 aliphatic carbocycles. The first-order valence-electron chi connectivity index (χ1n) is 9.60. The second-order valence-corrected chi connectivity index (χ2v) is 26.8. The summed E-state index contributed by atoms with van der Waals surface area (Å²) in [7, 11) is -8.68. The lowest BCUT2D eigenvalue weighted by Crippen LogP contribution is -2.60. The first-order chi connectivity index (χ1) is 12.3. The normalized spacial score (nSPS) is 13.3. The van der Waals surface area contributed by atoms with Crippen molar-refractivity contribution in [2.45, 2.75) is 77.8 Å². The highest BCUT2D eigenvalue weighted by molar-refractivity contribution is 6.90. The van der Waals surface area contributed by atoms with Crippen molar-refractivity contribution >= 4 is 45.6 Å². The standard InChI is InChI=1S/C17H39NO6Si4/c1-15(17(20)21)14-16(19)18-12-11-13-28(22-25(2,3)4,23-26(5,6)7)24-27(8,9)10/h1,11-14H2,2-10H3,(H,18,19)(H,20,21)/p-1.